The molecule has 0 bridgehead atoms. The number of ether oxygens (including phenoxy) is 2. The molecule has 3 atom stereocenters. The molecule has 2 aliphatic rings. The molecular weight excluding hydrogens is 772 g/mol. The first kappa shape index (κ1) is 45.3. The van der Waals surface area contributed by atoms with Crippen LogP contribution >= 0.6 is 11.6 Å². The maximum atomic E-state index is 13.3. The minimum atomic E-state index is -0.891. The highest BCUT2D eigenvalue weighted by Gasteiger charge is 2.43. The van der Waals surface area contributed by atoms with Crippen LogP contribution in [0.5, 0.6) is 5.75 Å². The molecule has 5 rings (SSSR count). The summed E-state index contributed by atoms with van der Waals surface area (Å²) in [6, 6.07) is 15.7. The lowest BCUT2D eigenvalue weighted by Crippen LogP contribution is -2.57. The van der Waals surface area contributed by atoms with Gasteiger partial charge in [-0.2, -0.15) is 5.26 Å². The lowest BCUT2D eigenvalue weighted by atomic mass is 9.78. The molecule has 59 heavy (non-hydrogen) atoms. The molecule has 3 heterocycles. The van der Waals surface area contributed by atoms with Crippen molar-refractivity contribution < 1.29 is 29.0 Å². The fourth-order valence-electron chi connectivity index (χ4n) is 7.45. The largest absolute Gasteiger partial charge is 0.487 e. The van der Waals surface area contributed by atoms with Crippen molar-refractivity contribution in [1.82, 2.24) is 25.1 Å². The number of benzene rings is 2. The highest BCUT2D eigenvalue weighted by molar-refractivity contribution is 6.30. The van der Waals surface area contributed by atoms with E-state index < -0.39 is 35.4 Å². The van der Waals surface area contributed by atoms with Crippen LogP contribution in [0.1, 0.15) is 89.1 Å². The maximum Gasteiger partial charge on any atom is 0.246 e. The number of nitrogens with zero attached hydrogens (tertiary/aromatic N) is 6. The summed E-state index contributed by atoms with van der Waals surface area (Å²) in [4.78, 5) is 53.3. The predicted octanol–water partition coefficient (Wildman–Crippen LogP) is 4.58. The molecule has 0 unspecified atom stereocenters. The molecule has 3 aromatic rings. The number of hydrogen-bond acceptors (Lipinski definition) is 11. The Morgan fingerprint density at radius 2 is 1.73 bits per heavy atom. The van der Waals surface area contributed by atoms with Gasteiger partial charge in [0.05, 0.1) is 30.0 Å². The summed E-state index contributed by atoms with van der Waals surface area (Å²) in [6.45, 7) is 15.4. The second kappa shape index (κ2) is 20.4. The lowest BCUT2D eigenvalue weighted by molar-refractivity contribution is -0.143. The number of rotatable bonds is 18. The van der Waals surface area contributed by atoms with Crippen molar-refractivity contribution in [2.75, 3.05) is 57.4 Å². The van der Waals surface area contributed by atoms with Crippen LogP contribution in [0.15, 0.2) is 54.7 Å². The molecule has 2 saturated heterocycles. The van der Waals surface area contributed by atoms with Gasteiger partial charge in [0.1, 0.15) is 24.4 Å². The minimum absolute atomic E-state index is 0.00736. The molecule has 318 valence electrons. The third kappa shape index (κ3) is 12.6. The number of carbonyl (C=O) groups excluding carboxylic acids is 3. The summed E-state index contributed by atoms with van der Waals surface area (Å²) in [5.74, 6) is 0.0314. The van der Waals surface area contributed by atoms with Crippen molar-refractivity contribution in [3.63, 3.8) is 0 Å². The van der Waals surface area contributed by atoms with E-state index in [2.05, 4.69) is 40.0 Å². The molecule has 0 aliphatic carbocycles. The number of nitriles is 1. The number of nitrogens with one attached hydrogen (secondary N) is 1. The number of primary amides is 1. The Morgan fingerprint density at radius 3 is 2.41 bits per heavy atom. The summed E-state index contributed by atoms with van der Waals surface area (Å²) in [6.07, 6.45) is 4.09. The number of piperazine rings is 1. The van der Waals surface area contributed by atoms with Gasteiger partial charge >= 0.3 is 0 Å². The van der Waals surface area contributed by atoms with E-state index >= 15 is 0 Å². The van der Waals surface area contributed by atoms with Crippen LogP contribution in [0.4, 0.5) is 5.95 Å². The number of aliphatic hydroxyl groups is 1. The zero-order valence-corrected chi connectivity index (χ0v) is 35.7. The van der Waals surface area contributed by atoms with E-state index in [9.17, 15) is 24.8 Å². The molecule has 14 nitrogen and oxygen atoms in total. The Kier molecular flexibility index (Phi) is 15.7. The van der Waals surface area contributed by atoms with Gasteiger partial charge in [0.2, 0.25) is 23.7 Å². The van der Waals surface area contributed by atoms with Crippen LogP contribution in [0, 0.1) is 16.7 Å². The maximum absolute atomic E-state index is 13.3. The van der Waals surface area contributed by atoms with Crippen LogP contribution in [-0.4, -0.2) is 113 Å². The normalized spacial score (nSPS) is 18.0. The van der Waals surface area contributed by atoms with Gasteiger partial charge in [-0.15, -0.1) is 0 Å². The molecule has 2 aromatic carbocycles. The first-order valence-corrected chi connectivity index (χ1v) is 20.8. The van der Waals surface area contributed by atoms with Crippen molar-refractivity contribution in [3.05, 3.63) is 82.1 Å². The van der Waals surface area contributed by atoms with Gasteiger partial charge in [-0.3, -0.25) is 19.3 Å². The number of aromatic nitrogens is 2. The van der Waals surface area contributed by atoms with Gasteiger partial charge in [0.15, 0.2) is 0 Å². The van der Waals surface area contributed by atoms with Crippen molar-refractivity contribution in [2.45, 2.75) is 96.9 Å². The summed E-state index contributed by atoms with van der Waals surface area (Å²) < 4.78 is 11.8. The van der Waals surface area contributed by atoms with Crippen LogP contribution in [0.25, 0.3) is 0 Å². The van der Waals surface area contributed by atoms with Gasteiger partial charge in [-0.25, -0.2) is 9.97 Å². The first-order valence-electron chi connectivity index (χ1n) is 20.4. The second-order valence-corrected chi connectivity index (χ2v) is 17.5. The van der Waals surface area contributed by atoms with Crippen LogP contribution in [0.3, 0.4) is 0 Å². The van der Waals surface area contributed by atoms with Gasteiger partial charge in [0.25, 0.3) is 0 Å². The average Bonchev–Trinajstić information content (AvgIpc) is 3.61. The third-order valence-electron chi connectivity index (χ3n) is 11.1. The van der Waals surface area contributed by atoms with Crippen LogP contribution in [0.2, 0.25) is 5.02 Å². The summed E-state index contributed by atoms with van der Waals surface area (Å²) in [7, 11) is 0. The molecule has 15 heteroatoms. The molecule has 0 saturated carbocycles. The molecule has 3 amide bonds. The van der Waals surface area contributed by atoms with Crippen LogP contribution in [-0.2, 0) is 31.1 Å². The smallest absolute Gasteiger partial charge is 0.246 e. The fraction of sp³-hybridized carbons (Fsp3) is 0.545. The number of β-amino-alcohol motifs (C(OH)–C–C–N with tert-alkyl or cyclic N) is 1. The van der Waals surface area contributed by atoms with E-state index in [4.69, 9.17) is 31.8 Å². The monoisotopic (exact) mass is 830 g/mol. The fourth-order valence-corrected chi connectivity index (χ4v) is 7.69. The molecule has 4 N–H and O–H groups in total. The average molecular weight is 831 g/mol. The Hall–Kier alpha value is -4.81. The number of amides is 3. The summed E-state index contributed by atoms with van der Waals surface area (Å²) in [5.41, 5.74) is 7.88. The van der Waals surface area contributed by atoms with Gasteiger partial charge in [-0.1, -0.05) is 58.4 Å². The number of halogens is 1. The number of nitrogens with two attached hydrogens (primary N) is 1. The Bertz CT molecular complexity index is 1940. The Labute approximate surface area is 353 Å². The van der Waals surface area contributed by atoms with E-state index in [1.165, 1.54) is 4.90 Å². The van der Waals surface area contributed by atoms with E-state index in [-0.39, 0.29) is 37.3 Å². The third-order valence-corrected chi connectivity index (χ3v) is 11.3. The number of carbonyl (C=O) groups is 3. The SMILES string of the molecule is CC(C)(c1ccc(OCc2ccnc(N3CCN(CCCCCOCCC(=O)N[C@H](C(=O)N4C[C@H](O)C[C@H]4C(N)=O)C(C)(C)C)CC3)n2)cc1)c1cc(Cl)cc(C#N)c1. The number of aliphatic hydroxyl groups excluding tert-OH is 1. The number of unbranched alkanes of at least 4 members (excludes halogenated alkanes) is 2. The number of anilines is 1. The molecule has 1 aromatic heterocycles. The number of likely N-dealkylation sites (tertiary alicyclic amines) is 1. The minimum Gasteiger partial charge on any atom is -0.487 e. The van der Waals surface area contributed by atoms with E-state index in [1.807, 2.05) is 63.2 Å². The standard InChI is InChI=1S/C44H59ClN8O6/c1-43(2,3)39(41(57)53-28-35(54)26-37(53)40(47)56)50-38(55)14-22-58-21-8-6-7-16-51-17-19-52(20-18-51)42-48-15-13-34(49-42)29-59-36-11-9-31(10-12-36)44(4,5)32-23-30(27-46)24-33(45)25-32/h9-13,15,23-25,35,37,39,54H,6-8,14,16-22,26,28-29H2,1-5H3,(H2,47,56)(H,50,55)/t35-,37+,39-/m1/s1. The number of hydrogen-bond donors (Lipinski definition) is 3. The summed E-state index contributed by atoms with van der Waals surface area (Å²) >= 11 is 6.29. The highest BCUT2D eigenvalue weighted by Crippen LogP contribution is 2.34. The zero-order chi connectivity index (χ0) is 42.7. The van der Waals surface area contributed by atoms with Crippen LogP contribution < -0.4 is 20.7 Å². The molecule has 2 fully saturated rings. The topological polar surface area (TPSA) is 187 Å². The lowest BCUT2D eigenvalue weighted by Gasteiger charge is -2.35. The van der Waals surface area contributed by atoms with Gasteiger partial charge in [-0.05, 0) is 78.7 Å². The van der Waals surface area contributed by atoms with Gasteiger partial charge < -0.3 is 35.4 Å². The highest BCUT2D eigenvalue weighted by atomic mass is 35.5. The summed E-state index contributed by atoms with van der Waals surface area (Å²) in [5, 5.41) is 22.8. The first-order chi connectivity index (χ1) is 28.0. The Balaban J connectivity index is 0.958. The van der Waals surface area contributed by atoms with E-state index in [0.717, 1.165) is 74.6 Å². The van der Waals surface area contributed by atoms with E-state index in [1.54, 1.807) is 12.3 Å². The second-order valence-electron chi connectivity index (χ2n) is 17.0. The molecule has 2 aliphatic heterocycles. The van der Waals surface area contributed by atoms with Gasteiger partial charge in [0, 0.05) is 68.8 Å². The van der Waals surface area contributed by atoms with Crippen molar-refractivity contribution in [1.29, 1.82) is 5.26 Å². The van der Waals surface area contributed by atoms with Crippen molar-refractivity contribution in [3.8, 4) is 11.8 Å². The molecule has 0 radical (unpaired) electrons. The molecule has 0 spiro atoms. The quantitative estimate of drug-likeness (QED) is 0.152. The Morgan fingerprint density at radius 1 is 1.00 bits per heavy atom. The predicted molar refractivity (Wildman–Crippen MR) is 226 cm³/mol. The van der Waals surface area contributed by atoms with E-state index in [0.29, 0.717) is 29.7 Å². The van der Waals surface area contributed by atoms with Crippen molar-refractivity contribution >= 4 is 35.3 Å². The zero-order valence-electron chi connectivity index (χ0n) is 35.0. The van der Waals surface area contributed by atoms with Crippen molar-refractivity contribution in [2.24, 2.45) is 11.1 Å². The molecular formula is C44H59ClN8O6.